The summed E-state index contributed by atoms with van der Waals surface area (Å²) >= 11 is 0. The summed E-state index contributed by atoms with van der Waals surface area (Å²) in [5.74, 6) is 0.0723. The van der Waals surface area contributed by atoms with Crippen molar-refractivity contribution >= 4 is 16.0 Å². The minimum Gasteiger partial charge on any atom is -0.368 e. The van der Waals surface area contributed by atoms with Crippen LogP contribution in [0.5, 0.6) is 0 Å². The number of nitrogen functional groups attached to an aromatic ring is 1. The number of nitrogens with zero attached hydrogens (tertiary/aromatic N) is 4. The van der Waals surface area contributed by atoms with Gasteiger partial charge in [0.2, 0.25) is 16.0 Å². The van der Waals surface area contributed by atoms with Gasteiger partial charge in [0, 0.05) is 25.7 Å². The Balaban J connectivity index is 2.19. The molecule has 1 aliphatic rings. The zero-order chi connectivity index (χ0) is 14.0. The van der Waals surface area contributed by atoms with Crippen molar-refractivity contribution in [2.75, 3.05) is 31.9 Å². The van der Waals surface area contributed by atoms with E-state index in [0.717, 1.165) is 13.1 Å². The zero-order valence-electron chi connectivity index (χ0n) is 11.2. The van der Waals surface area contributed by atoms with Crippen LogP contribution in [0.4, 0.5) is 5.95 Å². The maximum Gasteiger partial charge on any atom is 0.246 e. The fourth-order valence-electron chi connectivity index (χ4n) is 2.26. The lowest BCUT2D eigenvalue weighted by atomic mass is 10.2. The van der Waals surface area contributed by atoms with Crippen molar-refractivity contribution in [1.29, 1.82) is 0 Å². The van der Waals surface area contributed by atoms with E-state index >= 15 is 0 Å². The van der Waals surface area contributed by atoms with Gasteiger partial charge in [-0.25, -0.2) is 18.4 Å². The van der Waals surface area contributed by atoms with E-state index in [1.807, 2.05) is 6.92 Å². The highest BCUT2D eigenvalue weighted by Crippen LogP contribution is 2.18. The fraction of sp³-hybridized carbons (Fsp3) is 0.636. The highest BCUT2D eigenvalue weighted by molar-refractivity contribution is 7.89. The molecule has 0 aromatic carbocycles. The van der Waals surface area contributed by atoms with Crippen LogP contribution in [-0.4, -0.2) is 59.8 Å². The molecule has 1 saturated heterocycles. The lowest BCUT2D eigenvalue weighted by Gasteiger charge is -2.38. The average Bonchev–Trinajstić information content (AvgIpc) is 2.39. The Morgan fingerprint density at radius 3 is 2.53 bits per heavy atom. The summed E-state index contributed by atoms with van der Waals surface area (Å²) < 4.78 is 26.3. The van der Waals surface area contributed by atoms with Gasteiger partial charge in [-0.2, -0.15) is 4.31 Å². The summed E-state index contributed by atoms with van der Waals surface area (Å²) in [7, 11) is -3.52. The van der Waals surface area contributed by atoms with Crippen LogP contribution < -0.4 is 5.73 Å². The smallest absolute Gasteiger partial charge is 0.246 e. The van der Waals surface area contributed by atoms with Crippen molar-refractivity contribution in [3.63, 3.8) is 0 Å². The van der Waals surface area contributed by atoms with E-state index in [2.05, 4.69) is 21.8 Å². The zero-order valence-corrected chi connectivity index (χ0v) is 12.0. The topological polar surface area (TPSA) is 92.4 Å². The van der Waals surface area contributed by atoms with Crippen molar-refractivity contribution in [3.8, 4) is 0 Å². The lowest BCUT2D eigenvalue weighted by Crippen LogP contribution is -2.53. The van der Waals surface area contributed by atoms with Crippen molar-refractivity contribution in [1.82, 2.24) is 19.2 Å². The highest BCUT2D eigenvalue weighted by atomic mass is 32.2. The normalized spacial score (nSPS) is 22.5. The Morgan fingerprint density at radius 2 is 2.00 bits per heavy atom. The third kappa shape index (κ3) is 2.85. The van der Waals surface area contributed by atoms with Gasteiger partial charge in [0.05, 0.1) is 12.4 Å². The molecular weight excluding hydrogens is 266 g/mol. The third-order valence-corrected chi connectivity index (χ3v) is 5.24. The number of likely N-dealkylation sites (N-methyl/N-ethyl adjacent to an activating group) is 1. The summed E-state index contributed by atoms with van der Waals surface area (Å²) in [6.07, 6.45) is 2.52. The van der Waals surface area contributed by atoms with Crippen LogP contribution in [0.3, 0.4) is 0 Å². The predicted octanol–water partition coefficient (Wildman–Crippen LogP) is -0.226. The van der Waals surface area contributed by atoms with Gasteiger partial charge in [0.1, 0.15) is 4.90 Å². The van der Waals surface area contributed by atoms with Gasteiger partial charge in [-0.05, 0) is 13.5 Å². The number of nitrogens with two attached hydrogens (primary N) is 1. The molecule has 1 unspecified atom stereocenters. The number of sulfonamides is 1. The van der Waals surface area contributed by atoms with E-state index in [1.165, 1.54) is 16.7 Å². The predicted molar refractivity (Wildman–Crippen MR) is 71.9 cm³/mol. The number of rotatable bonds is 3. The van der Waals surface area contributed by atoms with E-state index < -0.39 is 10.0 Å². The van der Waals surface area contributed by atoms with Gasteiger partial charge in [-0.3, -0.25) is 4.90 Å². The van der Waals surface area contributed by atoms with Crippen LogP contribution in [0.15, 0.2) is 17.3 Å². The minimum absolute atomic E-state index is 0.0723. The number of hydrogen-bond acceptors (Lipinski definition) is 6. The third-order valence-electron chi connectivity index (χ3n) is 3.42. The lowest BCUT2D eigenvalue weighted by molar-refractivity contribution is 0.135. The first-order valence-corrected chi connectivity index (χ1v) is 7.71. The maximum atomic E-state index is 12.4. The molecule has 0 spiro atoms. The Labute approximate surface area is 113 Å². The van der Waals surface area contributed by atoms with Crippen molar-refractivity contribution in [2.24, 2.45) is 0 Å². The summed E-state index contributed by atoms with van der Waals surface area (Å²) in [4.78, 5) is 9.83. The molecular formula is C11H19N5O2S. The van der Waals surface area contributed by atoms with Gasteiger partial charge in [0.15, 0.2) is 0 Å². The molecule has 1 aromatic heterocycles. The van der Waals surface area contributed by atoms with Crippen LogP contribution in [-0.2, 0) is 10.0 Å². The second-order valence-electron chi connectivity index (χ2n) is 4.62. The Morgan fingerprint density at radius 1 is 1.37 bits per heavy atom. The van der Waals surface area contributed by atoms with Crippen LogP contribution in [0, 0.1) is 0 Å². The van der Waals surface area contributed by atoms with Crippen LogP contribution in [0.2, 0.25) is 0 Å². The molecule has 0 saturated carbocycles. The van der Waals surface area contributed by atoms with Crippen LogP contribution in [0.25, 0.3) is 0 Å². The average molecular weight is 285 g/mol. The quantitative estimate of drug-likeness (QED) is 0.825. The van der Waals surface area contributed by atoms with E-state index in [9.17, 15) is 8.42 Å². The first-order chi connectivity index (χ1) is 8.95. The highest BCUT2D eigenvalue weighted by Gasteiger charge is 2.31. The van der Waals surface area contributed by atoms with Crippen molar-refractivity contribution in [3.05, 3.63) is 12.4 Å². The monoisotopic (exact) mass is 285 g/mol. The summed E-state index contributed by atoms with van der Waals surface area (Å²) in [6.45, 7) is 6.76. The second kappa shape index (κ2) is 5.40. The van der Waals surface area contributed by atoms with Gasteiger partial charge in [-0.1, -0.05) is 6.92 Å². The number of anilines is 1. The van der Waals surface area contributed by atoms with Gasteiger partial charge >= 0.3 is 0 Å². The van der Waals surface area contributed by atoms with Crippen molar-refractivity contribution < 1.29 is 8.42 Å². The van der Waals surface area contributed by atoms with Crippen LogP contribution in [0.1, 0.15) is 13.8 Å². The van der Waals surface area contributed by atoms with Crippen molar-refractivity contribution in [2.45, 2.75) is 24.8 Å². The van der Waals surface area contributed by atoms with E-state index in [4.69, 9.17) is 5.73 Å². The fourth-order valence-corrected chi connectivity index (χ4v) is 3.66. The summed E-state index contributed by atoms with van der Waals surface area (Å²) in [5.41, 5.74) is 5.37. The molecule has 1 aliphatic heterocycles. The molecule has 106 valence electrons. The van der Waals surface area contributed by atoms with Gasteiger partial charge < -0.3 is 5.73 Å². The number of piperazine rings is 1. The molecule has 0 aliphatic carbocycles. The summed E-state index contributed by atoms with van der Waals surface area (Å²) in [6, 6.07) is 0.211. The molecule has 1 atom stereocenters. The van der Waals surface area contributed by atoms with Gasteiger partial charge in [-0.15, -0.1) is 0 Å². The van der Waals surface area contributed by atoms with E-state index in [-0.39, 0.29) is 16.9 Å². The molecule has 0 amide bonds. The maximum absolute atomic E-state index is 12.4. The molecule has 8 heteroatoms. The Hall–Kier alpha value is -1.25. The SMILES string of the molecule is CCN1CCN(S(=O)(=O)c2cnc(N)nc2)CC1C. The largest absolute Gasteiger partial charge is 0.368 e. The summed E-state index contributed by atoms with van der Waals surface area (Å²) in [5, 5.41) is 0. The molecule has 2 heterocycles. The molecule has 0 bridgehead atoms. The Bertz CT molecular complexity index is 531. The first-order valence-electron chi connectivity index (χ1n) is 6.27. The molecule has 1 aromatic rings. The van der Waals surface area contributed by atoms with E-state index in [1.54, 1.807) is 0 Å². The standard InChI is InChI=1S/C11H19N5O2S/c1-3-15-4-5-16(8-9(15)2)19(17,18)10-6-13-11(12)14-7-10/h6-7,9H,3-5,8H2,1-2H3,(H2,12,13,14). The molecule has 0 radical (unpaired) electrons. The molecule has 2 N–H and O–H groups in total. The molecule has 19 heavy (non-hydrogen) atoms. The van der Waals surface area contributed by atoms with Gasteiger partial charge in [0.25, 0.3) is 0 Å². The molecule has 7 nitrogen and oxygen atoms in total. The molecule has 1 fully saturated rings. The molecule has 2 rings (SSSR count). The minimum atomic E-state index is -3.52. The van der Waals surface area contributed by atoms with Crippen LogP contribution >= 0.6 is 0 Å². The first kappa shape index (κ1) is 14.2. The second-order valence-corrected chi connectivity index (χ2v) is 6.56. The Kier molecular flexibility index (Phi) is 4.02. The van der Waals surface area contributed by atoms with E-state index in [0.29, 0.717) is 13.1 Å². The number of aromatic nitrogens is 2. The number of hydrogen-bond donors (Lipinski definition) is 1.